The Labute approximate surface area is 247 Å². The molecule has 0 saturated heterocycles. The first-order valence-electron chi connectivity index (χ1n) is 15.8. The summed E-state index contributed by atoms with van der Waals surface area (Å²) in [6.07, 6.45) is 14.0. The fraction of sp³-hybridized carbons (Fsp3) is 0.719. The summed E-state index contributed by atoms with van der Waals surface area (Å²) in [5, 5.41) is 17.5. The van der Waals surface area contributed by atoms with Crippen molar-refractivity contribution in [3.05, 3.63) is 29.8 Å². The zero-order chi connectivity index (χ0) is 30.0. The van der Waals surface area contributed by atoms with Crippen LogP contribution in [0.15, 0.2) is 24.3 Å². The highest BCUT2D eigenvalue weighted by molar-refractivity contribution is 5.98. The number of carbonyl (C=O) groups is 3. The van der Waals surface area contributed by atoms with Crippen LogP contribution in [-0.4, -0.2) is 68.4 Å². The third-order valence-electron chi connectivity index (χ3n) is 6.79. The first-order valence-corrected chi connectivity index (χ1v) is 15.8. The molecule has 0 fully saturated rings. The van der Waals surface area contributed by atoms with Gasteiger partial charge in [0.05, 0.1) is 19.8 Å². The third kappa shape index (κ3) is 19.2. The van der Waals surface area contributed by atoms with Gasteiger partial charge in [0.2, 0.25) is 11.8 Å². The second-order valence-electron chi connectivity index (χ2n) is 10.5. The highest BCUT2D eigenvalue weighted by Crippen LogP contribution is 2.14. The molecule has 41 heavy (non-hydrogen) atoms. The van der Waals surface area contributed by atoms with Crippen molar-refractivity contribution in [3.8, 4) is 5.75 Å². The minimum absolute atomic E-state index is 0.0514. The predicted octanol–water partition coefficient (Wildman–Crippen LogP) is 4.91. The average Bonchev–Trinajstić information content (AvgIpc) is 2.98. The Kier molecular flexibility index (Phi) is 22.3. The molecule has 1 aromatic rings. The van der Waals surface area contributed by atoms with E-state index in [0.717, 1.165) is 32.1 Å². The van der Waals surface area contributed by atoms with E-state index in [1.807, 2.05) is 0 Å². The number of carbonyl (C=O) groups excluding carboxylic acids is 3. The average molecular weight is 578 g/mol. The second-order valence-corrected chi connectivity index (χ2v) is 10.5. The van der Waals surface area contributed by atoms with E-state index in [1.165, 1.54) is 44.9 Å². The number of aliphatic hydroxyl groups excluding tert-OH is 1. The van der Waals surface area contributed by atoms with Gasteiger partial charge in [-0.2, -0.15) is 0 Å². The van der Waals surface area contributed by atoms with Gasteiger partial charge in [-0.1, -0.05) is 84.1 Å². The molecular formula is C32H55N3O6. The number of hydrogen-bond acceptors (Lipinski definition) is 6. The fourth-order valence-corrected chi connectivity index (χ4v) is 4.36. The lowest BCUT2D eigenvalue weighted by molar-refractivity contribution is -0.124. The molecule has 3 amide bonds. The number of hydrogen-bond donors (Lipinski definition) is 4. The molecule has 0 aliphatic heterocycles. The number of nitrogens with one attached hydrogen (secondary N) is 3. The molecule has 1 atom stereocenters. The van der Waals surface area contributed by atoms with Crippen molar-refractivity contribution in [2.45, 2.75) is 110 Å². The second kappa shape index (κ2) is 25.1. The van der Waals surface area contributed by atoms with Crippen molar-refractivity contribution in [2.24, 2.45) is 0 Å². The number of aliphatic hydroxyl groups is 1. The maximum Gasteiger partial charge on any atom is 0.252 e. The van der Waals surface area contributed by atoms with Crippen molar-refractivity contribution in [2.75, 3.05) is 39.5 Å². The summed E-state index contributed by atoms with van der Waals surface area (Å²) in [6.45, 7) is 6.34. The summed E-state index contributed by atoms with van der Waals surface area (Å²) >= 11 is 0. The Morgan fingerprint density at radius 3 is 2.10 bits per heavy atom. The van der Waals surface area contributed by atoms with Gasteiger partial charge in [-0.15, -0.1) is 0 Å². The van der Waals surface area contributed by atoms with Gasteiger partial charge in [0.25, 0.3) is 5.91 Å². The highest BCUT2D eigenvalue weighted by Gasteiger charge is 2.22. The molecular weight excluding hydrogens is 522 g/mol. The molecule has 0 aliphatic carbocycles. The number of amides is 3. The van der Waals surface area contributed by atoms with E-state index < -0.39 is 11.9 Å². The van der Waals surface area contributed by atoms with Gasteiger partial charge in [0.1, 0.15) is 18.4 Å². The van der Waals surface area contributed by atoms with Crippen molar-refractivity contribution >= 4 is 17.7 Å². The summed E-state index contributed by atoms with van der Waals surface area (Å²) < 4.78 is 10.8. The van der Waals surface area contributed by atoms with Crippen LogP contribution in [0.3, 0.4) is 0 Å². The Balaban J connectivity index is 2.62. The Morgan fingerprint density at radius 1 is 0.805 bits per heavy atom. The van der Waals surface area contributed by atoms with Crippen LogP contribution >= 0.6 is 0 Å². The zero-order valence-electron chi connectivity index (χ0n) is 25.5. The van der Waals surface area contributed by atoms with Gasteiger partial charge in [-0.05, 0) is 37.5 Å². The molecule has 0 heterocycles. The third-order valence-corrected chi connectivity index (χ3v) is 6.79. The molecule has 1 unspecified atom stereocenters. The van der Waals surface area contributed by atoms with E-state index in [-0.39, 0.29) is 44.5 Å². The molecule has 0 bridgehead atoms. The normalized spacial score (nSPS) is 11.6. The minimum atomic E-state index is -0.821. The number of rotatable bonds is 26. The SMILES string of the molecule is CCCCCCCCNC(=O)CCC(NC(=O)c1cccc(OCCOCCO)c1)C(=O)NCCCCCCCC. The predicted molar refractivity (Wildman–Crippen MR) is 163 cm³/mol. The lowest BCUT2D eigenvalue weighted by Gasteiger charge is -2.19. The van der Waals surface area contributed by atoms with E-state index in [4.69, 9.17) is 14.6 Å². The molecule has 1 aromatic carbocycles. The van der Waals surface area contributed by atoms with Crippen LogP contribution in [0.2, 0.25) is 0 Å². The molecule has 0 saturated carbocycles. The van der Waals surface area contributed by atoms with Crippen molar-refractivity contribution < 1.29 is 29.0 Å². The minimum Gasteiger partial charge on any atom is -0.491 e. The van der Waals surface area contributed by atoms with Crippen molar-refractivity contribution in [1.82, 2.24) is 16.0 Å². The Morgan fingerprint density at radius 2 is 1.44 bits per heavy atom. The van der Waals surface area contributed by atoms with Gasteiger partial charge in [-0.25, -0.2) is 0 Å². The summed E-state index contributed by atoms with van der Waals surface area (Å²) in [7, 11) is 0. The largest absolute Gasteiger partial charge is 0.491 e. The van der Waals surface area contributed by atoms with E-state index in [1.54, 1.807) is 24.3 Å². The molecule has 234 valence electrons. The standard InChI is InChI=1S/C32H55N3O6/c1-3-5-7-9-11-13-20-33-30(37)19-18-29(32(39)34-21-14-12-10-8-6-4-2)35-31(38)27-16-15-17-28(26-27)41-25-24-40-23-22-36/h15-17,26,29,36H,3-14,18-25H2,1-2H3,(H,33,37)(H,34,39)(H,35,38). The van der Waals surface area contributed by atoms with Crippen LogP contribution in [0.25, 0.3) is 0 Å². The Bertz CT molecular complexity index is 835. The van der Waals surface area contributed by atoms with E-state index >= 15 is 0 Å². The highest BCUT2D eigenvalue weighted by atomic mass is 16.5. The zero-order valence-corrected chi connectivity index (χ0v) is 25.5. The fourth-order valence-electron chi connectivity index (χ4n) is 4.36. The molecule has 0 aliphatic rings. The molecule has 1 rings (SSSR count). The first kappa shape index (κ1) is 36.4. The number of ether oxygens (including phenoxy) is 2. The van der Waals surface area contributed by atoms with Crippen molar-refractivity contribution in [1.29, 1.82) is 0 Å². The molecule has 0 spiro atoms. The van der Waals surface area contributed by atoms with Crippen LogP contribution < -0.4 is 20.7 Å². The van der Waals surface area contributed by atoms with E-state index in [9.17, 15) is 14.4 Å². The summed E-state index contributed by atoms with van der Waals surface area (Å²) in [6, 6.07) is 5.89. The first-order chi connectivity index (χ1) is 20.0. The van der Waals surface area contributed by atoms with Crippen LogP contribution in [-0.2, 0) is 14.3 Å². The summed E-state index contributed by atoms with van der Waals surface area (Å²) in [4.78, 5) is 38.6. The number of benzene rings is 1. The van der Waals surface area contributed by atoms with Crippen LogP contribution in [0, 0.1) is 0 Å². The molecule has 9 nitrogen and oxygen atoms in total. The van der Waals surface area contributed by atoms with Crippen molar-refractivity contribution in [3.63, 3.8) is 0 Å². The lowest BCUT2D eigenvalue weighted by atomic mass is 10.1. The number of unbranched alkanes of at least 4 members (excludes halogenated alkanes) is 10. The van der Waals surface area contributed by atoms with E-state index in [0.29, 0.717) is 31.0 Å². The molecule has 9 heteroatoms. The van der Waals surface area contributed by atoms with Gasteiger partial charge in [0, 0.05) is 25.1 Å². The quantitative estimate of drug-likeness (QED) is 0.116. The van der Waals surface area contributed by atoms with Crippen LogP contribution in [0.1, 0.15) is 114 Å². The molecule has 0 aromatic heterocycles. The topological polar surface area (TPSA) is 126 Å². The summed E-state index contributed by atoms with van der Waals surface area (Å²) in [5.41, 5.74) is 0.361. The van der Waals surface area contributed by atoms with Gasteiger partial charge in [-0.3, -0.25) is 14.4 Å². The smallest absolute Gasteiger partial charge is 0.252 e. The van der Waals surface area contributed by atoms with Gasteiger partial charge in [0.15, 0.2) is 0 Å². The Hall–Kier alpha value is -2.65. The van der Waals surface area contributed by atoms with E-state index in [2.05, 4.69) is 29.8 Å². The lowest BCUT2D eigenvalue weighted by Crippen LogP contribution is -2.47. The molecule has 4 N–H and O–H groups in total. The van der Waals surface area contributed by atoms with Crippen LogP contribution in [0.4, 0.5) is 0 Å². The van der Waals surface area contributed by atoms with Crippen LogP contribution in [0.5, 0.6) is 5.75 Å². The monoisotopic (exact) mass is 577 g/mol. The van der Waals surface area contributed by atoms with Gasteiger partial charge < -0.3 is 30.5 Å². The maximum atomic E-state index is 13.1. The van der Waals surface area contributed by atoms with Gasteiger partial charge >= 0.3 is 0 Å². The molecule has 0 radical (unpaired) electrons. The summed E-state index contributed by atoms with van der Waals surface area (Å²) in [5.74, 6) is -0.285. The maximum absolute atomic E-state index is 13.1.